The van der Waals surface area contributed by atoms with Crippen molar-refractivity contribution in [2.45, 2.75) is 19.5 Å². The van der Waals surface area contributed by atoms with E-state index in [4.69, 9.17) is 9.15 Å². The average molecular weight is 355 g/mol. The second-order valence-electron chi connectivity index (χ2n) is 6.21. The van der Waals surface area contributed by atoms with E-state index in [1.165, 1.54) is 7.11 Å². The van der Waals surface area contributed by atoms with Gasteiger partial charge < -0.3 is 14.1 Å². The van der Waals surface area contributed by atoms with Gasteiger partial charge in [0.1, 0.15) is 0 Å². The molecule has 0 spiro atoms. The fourth-order valence-electron chi connectivity index (χ4n) is 3.22. The fraction of sp³-hybridized carbons (Fsp3) is 0.263. The maximum atomic E-state index is 14.4. The molecule has 0 amide bonds. The number of furan rings is 1. The van der Waals surface area contributed by atoms with Crippen molar-refractivity contribution in [2.24, 2.45) is 0 Å². The van der Waals surface area contributed by atoms with Crippen LogP contribution in [0.1, 0.15) is 16.8 Å². The van der Waals surface area contributed by atoms with Crippen LogP contribution in [-0.4, -0.2) is 28.5 Å². The number of aromatic amines is 1. The van der Waals surface area contributed by atoms with Crippen molar-refractivity contribution in [2.75, 3.05) is 13.7 Å². The third-order valence-electron chi connectivity index (χ3n) is 4.56. The van der Waals surface area contributed by atoms with Gasteiger partial charge in [0.05, 0.1) is 24.6 Å². The van der Waals surface area contributed by atoms with Crippen molar-refractivity contribution in [3.63, 3.8) is 0 Å². The number of halogens is 1. The molecule has 4 rings (SSSR count). The maximum absolute atomic E-state index is 14.4. The Morgan fingerprint density at radius 2 is 2.23 bits per heavy atom. The van der Waals surface area contributed by atoms with Gasteiger partial charge in [-0.05, 0) is 18.2 Å². The first kappa shape index (κ1) is 16.5. The van der Waals surface area contributed by atoms with Crippen LogP contribution in [0, 0.1) is 5.82 Å². The summed E-state index contributed by atoms with van der Waals surface area (Å²) in [6.07, 6.45) is 2.16. The first-order valence-corrected chi connectivity index (χ1v) is 8.35. The van der Waals surface area contributed by atoms with Crippen LogP contribution in [-0.2, 0) is 19.5 Å². The Balaban J connectivity index is 1.58. The number of rotatable bonds is 4. The SMILES string of the molecule is COc1cccc(CN2CCc3nc(-c4ccco4)[nH]c(=O)c3C2)c1F. The van der Waals surface area contributed by atoms with Crippen molar-refractivity contribution in [1.82, 2.24) is 14.9 Å². The molecule has 0 atom stereocenters. The number of nitrogens with one attached hydrogen (secondary N) is 1. The Labute approximate surface area is 149 Å². The predicted octanol–water partition coefficient (Wildman–Crippen LogP) is 2.74. The number of hydrogen-bond donors (Lipinski definition) is 1. The van der Waals surface area contributed by atoms with Crippen LogP contribution in [0.25, 0.3) is 11.6 Å². The molecule has 0 bridgehead atoms. The largest absolute Gasteiger partial charge is 0.494 e. The summed E-state index contributed by atoms with van der Waals surface area (Å²) < 4.78 is 24.7. The molecule has 1 aliphatic rings. The van der Waals surface area contributed by atoms with Gasteiger partial charge in [0, 0.05) is 31.6 Å². The van der Waals surface area contributed by atoms with Crippen LogP contribution in [0.15, 0.2) is 45.8 Å². The monoisotopic (exact) mass is 355 g/mol. The van der Waals surface area contributed by atoms with Crippen LogP contribution in [0.5, 0.6) is 5.75 Å². The average Bonchev–Trinajstić information content (AvgIpc) is 3.18. The smallest absolute Gasteiger partial charge is 0.256 e. The number of fused-ring (bicyclic) bond motifs is 1. The molecule has 2 aromatic heterocycles. The Morgan fingerprint density at radius 1 is 1.35 bits per heavy atom. The highest BCUT2D eigenvalue weighted by Gasteiger charge is 2.23. The molecule has 0 fully saturated rings. The predicted molar refractivity (Wildman–Crippen MR) is 93.3 cm³/mol. The first-order chi connectivity index (χ1) is 12.7. The molecule has 0 aliphatic carbocycles. The topological polar surface area (TPSA) is 71.4 Å². The lowest BCUT2D eigenvalue weighted by Gasteiger charge is -2.27. The second-order valence-corrected chi connectivity index (χ2v) is 6.21. The molecular weight excluding hydrogens is 337 g/mol. The normalized spacial score (nSPS) is 14.2. The number of hydrogen-bond acceptors (Lipinski definition) is 5. The van der Waals surface area contributed by atoms with Crippen LogP contribution < -0.4 is 10.3 Å². The molecule has 3 heterocycles. The number of aromatic nitrogens is 2. The molecule has 3 aromatic rings. The summed E-state index contributed by atoms with van der Waals surface area (Å²) in [7, 11) is 1.45. The van der Waals surface area contributed by atoms with Crippen molar-refractivity contribution in [3.8, 4) is 17.3 Å². The molecule has 1 aliphatic heterocycles. The van der Waals surface area contributed by atoms with E-state index < -0.39 is 0 Å². The Bertz CT molecular complexity index is 982. The minimum atomic E-state index is -0.360. The molecular formula is C19H18FN3O3. The highest BCUT2D eigenvalue weighted by atomic mass is 19.1. The summed E-state index contributed by atoms with van der Waals surface area (Å²) in [5.41, 5.74) is 1.75. The quantitative estimate of drug-likeness (QED) is 0.779. The molecule has 0 saturated heterocycles. The third kappa shape index (κ3) is 3.01. The number of methoxy groups -OCH3 is 1. The maximum Gasteiger partial charge on any atom is 0.256 e. The number of nitrogens with zero attached hydrogens (tertiary/aromatic N) is 2. The van der Waals surface area contributed by atoms with Crippen LogP contribution >= 0.6 is 0 Å². The Hall–Kier alpha value is -2.93. The van der Waals surface area contributed by atoms with E-state index >= 15 is 0 Å². The van der Waals surface area contributed by atoms with E-state index in [1.807, 2.05) is 4.90 Å². The molecule has 134 valence electrons. The zero-order valence-corrected chi connectivity index (χ0v) is 14.3. The van der Waals surface area contributed by atoms with E-state index in [0.29, 0.717) is 48.8 Å². The zero-order valence-electron chi connectivity index (χ0n) is 14.3. The van der Waals surface area contributed by atoms with Crippen molar-refractivity contribution >= 4 is 0 Å². The van der Waals surface area contributed by atoms with Crippen LogP contribution in [0.2, 0.25) is 0 Å². The van der Waals surface area contributed by atoms with Crippen LogP contribution in [0.3, 0.4) is 0 Å². The summed E-state index contributed by atoms with van der Waals surface area (Å²) in [6, 6.07) is 8.59. The standard InChI is InChI=1S/C19H18FN3O3/c1-25-15-5-2-4-12(17(15)20)10-23-8-7-14-13(11-23)19(24)22-18(21-14)16-6-3-9-26-16/h2-6,9H,7-8,10-11H2,1H3,(H,21,22,24). The van der Waals surface area contributed by atoms with Gasteiger partial charge >= 0.3 is 0 Å². The highest BCUT2D eigenvalue weighted by molar-refractivity contribution is 5.47. The Morgan fingerprint density at radius 3 is 3.00 bits per heavy atom. The summed E-state index contributed by atoms with van der Waals surface area (Å²) in [5, 5.41) is 0. The van der Waals surface area contributed by atoms with E-state index in [9.17, 15) is 9.18 Å². The van der Waals surface area contributed by atoms with E-state index in [1.54, 1.807) is 36.6 Å². The second kappa shape index (κ2) is 6.76. The van der Waals surface area contributed by atoms with Crippen molar-refractivity contribution in [3.05, 3.63) is 69.6 Å². The van der Waals surface area contributed by atoms with E-state index in [2.05, 4.69) is 9.97 Å². The molecule has 1 N–H and O–H groups in total. The molecule has 1 aromatic carbocycles. The lowest BCUT2D eigenvalue weighted by atomic mass is 10.1. The van der Waals surface area contributed by atoms with Gasteiger partial charge in [-0.25, -0.2) is 9.37 Å². The third-order valence-corrected chi connectivity index (χ3v) is 4.56. The molecule has 0 unspecified atom stereocenters. The van der Waals surface area contributed by atoms with E-state index in [-0.39, 0.29) is 17.1 Å². The lowest BCUT2D eigenvalue weighted by molar-refractivity contribution is 0.237. The zero-order chi connectivity index (χ0) is 18.1. The first-order valence-electron chi connectivity index (χ1n) is 8.35. The van der Waals surface area contributed by atoms with Gasteiger partial charge in [-0.2, -0.15) is 0 Å². The van der Waals surface area contributed by atoms with Crippen molar-refractivity contribution in [1.29, 1.82) is 0 Å². The van der Waals surface area contributed by atoms with Gasteiger partial charge in [0.2, 0.25) is 0 Å². The molecule has 26 heavy (non-hydrogen) atoms. The number of H-pyrrole nitrogens is 1. The summed E-state index contributed by atoms with van der Waals surface area (Å²) >= 11 is 0. The van der Waals surface area contributed by atoms with Gasteiger partial charge in [-0.1, -0.05) is 12.1 Å². The summed E-state index contributed by atoms with van der Waals surface area (Å²) in [5.74, 6) is 0.834. The molecule has 0 radical (unpaired) electrons. The number of benzene rings is 1. The molecule has 6 nitrogen and oxygen atoms in total. The van der Waals surface area contributed by atoms with Crippen LogP contribution in [0.4, 0.5) is 4.39 Å². The van der Waals surface area contributed by atoms with Gasteiger partial charge in [0.15, 0.2) is 23.2 Å². The van der Waals surface area contributed by atoms with Gasteiger partial charge in [-0.15, -0.1) is 0 Å². The summed E-state index contributed by atoms with van der Waals surface area (Å²) in [4.78, 5) is 21.8. The fourth-order valence-corrected chi connectivity index (χ4v) is 3.22. The van der Waals surface area contributed by atoms with Crippen molar-refractivity contribution < 1.29 is 13.5 Å². The molecule has 0 saturated carbocycles. The minimum absolute atomic E-state index is 0.183. The summed E-state index contributed by atoms with van der Waals surface area (Å²) in [6.45, 7) is 1.52. The Kier molecular flexibility index (Phi) is 4.30. The number of ether oxygens (including phenoxy) is 1. The van der Waals surface area contributed by atoms with Gasteiger partial charge in [-0.3, -0.25) is 9.69 Å². The van der Waals surface area contributed by atoms with Gasteiger partial charge in [0.25, 0.3) is 5.56 Å². The highest BCUT2D eigenvalue weighted by Crippen LogP contribution is 2.24. The molecule has 7 heteroatoms. The van der Waals surface area contributed by atoms with E-state index in [0.717, 1.165) is 5.69 Å². The lowest BCUT2D eigenvalue weighted by Crippen LogP contribution is -2.35. The minimum Gasteiger partial charge on any atom is -0.494 e.